The average Bonchev–Trinajstić information content (AvgIpc) is 2.46. The standard InChI is InChI=1S/C16H24BrN3O4S/c1-11(2)24-16(21)20-9-5-7-13(19-25(3,22)23)14(20)10-12-6-4-8-15(17)18-12/h4,6,8,11,13-14,19H,5,7,9-10H2,1-3H3/t13-,14-/m1/s1. The van der Waals surface area contributed by atoms with Crippen molar-refractivity contribution in [2.75, 3.05) is 12.8 Å². The van der Waals surface area contributed by atoms with Crippen LogP contribution in [0.1, 0.15) is 32.4 Å². The zero-order chi connectivity index (χ0) is 18.6. The molecule has 1 amide bonds. The van der Waals surface area contributed by atoms with E-state index in [1.54, 1.807) is 18.7 Å². The van der Waals surface area contributed by atoms with Crippen molar-refractivity contribution in [2.45, 2.75) is 51.3 Å². The SMILES string of the molecule is CC(C)OC(=O)N1CCC[C@@H](NS(C)(=O)=O)[C@H]1Cc1cccc(Br)n1. The second-order valence-corrected chi connectivity index (χ2v) is 9.08. The van der Waals surface area contributed by atoms with E-state index in [9.17, 15) is 13.2 Å². The zero-order valence-corrected chi connectivity index (χ0v) is 17.0. The molecule has 0 saturated carbocycles. The third-order valence-corrected chi connectivity index (χ3v) is 5.08. The van der Waals surface area contributed by atoms with Crippen molar-refractivity contribution in [2.24, 2.45) is 0 Å². The van der Waals surface area contributed by atoms with Crippen LogP contribution in [0.4, 0.5) is 4.79 Å². The van der Waals surface area contributed by atoms with Crippen LogP contribution < -0.4 is 4.72 Å². The lowest BCUT2D eigenvalue weighted by atomic mass is 9.93. The number of likely N-dealkylation sites (tertiary alicyclic amines) is 1. The summed E-state index contributed by atoms with van der Waals surface area (Å²) in [5.74, 6) is 0. The molecule has 1 aromatic heterocycles. The average molecular weight is 434 g/mol. The van der Waals surface area contributed by atoms with Crippen LogP contribution in [0, 0.1) is 0 Å². The number of amides is 1. The van der Waals surface area contributed by atoms with Gasteiger partial charge >= 0.3 is 6.09 Å². The van der Waals surface area contributed by atoms with Gasteiger partial charge in [-0.05, 0) is 54.8 Å². The number of aromatic nitrogens is 1. The molecule has 2 atom stereocenters. The molecule has 0 spiro atoms. The van der Waals surface area contributed by atoms with Crippen LogP contribution in [0.5, 0.6) is 0 Å². The predicted octanol–water partition coefficient (Wildman–Crippen LogP) is 2.31. The van der Waals surface area contributed by atoms with Crippen molar-refractivity contribution >= 4 is 32.0 Å². The molecule has 2 heterocycles. The molecular formula is C16H24BrN3O4S. The van der Waals surface area contributed by atoms with Crippen LogP contribution in [0.25, 0.3) is 0 Å². The molecule has 0 unspecified atom stereocenters. The van der Waals surface area contributed by atoms with E-state index >= 15 is 0 Å². The fraction of sp³-hybridized carbons (Fsp3) is 0.625. The Hall–Kier alpha value is -1.19. The summed E-state index contributed by atoms with van der Waals surface area (Å²) in [5, 5.41) is 0. The monoisotopic (exact) mass is 433 g/mol. The summed E-state index contributed by atoms with van der Waals surface area (Å²) in [6, 6.07) is 4.83. The molecular weight excluding hydrogens is 410 g/mol. The lowest BCUT2D eigenvalue weighted by Gasteiger charge is -2.40. The first-order valence-corrected chi connectivity index (χ1v) is 10.9. The summed E-state index contributed by atoms with van der Waals surface area (Å²) in [6.07, 6.45) is 2.29. The van der Waals surface area contributed by atoms with Crippen molar-refractivity contribution in [3.63, 3.8) is 0 Å². The third-order valence-electron chi connectivity index (χ3n) is 3.91. The largest absolute Gasteiger partial charge is 0.447 e. The minimum atomic E-state index is -3.39. The molecule has 1 N–H and O–H groups in total. The van der Waals surface area contributed by atoms with E-state index in [4.69, 9.17) is 4.74 Å². The summed E-state index contributed by atoms with van der Waals surface area (Å²) in [6.45, 7) is 4.12. The van der Waals surface area contributed by atoms with E-state index in [1.165, 1.54) is 0 Å². The molecule has 140 valence electrons. The van der Waals surface area contributed by atoms with Crippen LogP contribution >= 0.6 is 15.9 Å². The van der Waals surface area contributed by atoms with Gasteiger partial charge in [-0.2, -0.15) is 0 Å². The Bertz CT molecular complexity index is 711. The molecule has 25 heavy (non-hydrogen) atoms. The van der Waals surface area contributed by atoms with Gasteiger partial charge in [0.1, 0.15) is 4.60 Å². The van der Waals surface area contributed by atoms with E-state index < -0.39 is 16.1 Å². The Kier molecular flexibility index (Phi) is 6.81. The Morgan fingerprint density at radius 2 is 2.20 bits per heavy atom. The minimum Gasteiger partial charge on any atom is -0.447 e. The highest BCUT2D eigenvalue weighted by Crippen LogP contribution is 2.23. The van der Waals surface area contributed by atoms with Crippen LogP contribution in [0.3, 0.4) is 0 Å². The van der Waals surface area contributed by atoms with Gasteiger partial charge in [0.05, 0.1) is 18.4 Å². The van der Waals surface area contributed by atoms with Crippen LogP contribution in [-0.4, -0.2) is 55.4 Å². The summed E-state index contributed by atoms with van der Waals surface area (Å²) in [5.41, 5.74) is 0.781. The Morgan fingerprint density at radius 3 is 2.80 bits per heavy atom. The van der Waals surface area contributed by atoms with Crippen molar-refractivity contribution < 1.29 is 17.9 Å². The molecule has 2 rings (SSSR count). The van der Waals surface area contributed by atoms with Crippen LogP contribution in [0.15, 0.2) is 22.8 Å². The summed E-state index contributed by atoms with van der Waals surface area (Å²) >= 11 is 3.34. The minimum absolute atomic E-state index is 0.236. The van der Waals surface area contributed by atoms with Crippen molar-refractivity contribution in [3.05, 3.63) is 28.5 Å². The van der Waals surface area contributed by atoms with Gasteiger partial charge < -0.3 is 9.64 Å². The first kappa shape index (κ1) is 20.1. The van der Waals surface area contributed by atoms with Gasteiger partial charge in [0.15, 0.2) is 0 Å². The topological polar surface area (TPSA) is 88.6 Å². The Balaban J connectivity index is 2.28. The fourth-order valence-electron chi connectivity index (χ4n) is 3.00. The van der Waals surface area contributed by atoms with Crippen molar-refractivity contribution in [1.82, 2.24) is 14.6 Å². The van der Waals surface area contributed by atoms with Gasteiger partial charge in [0, 0.05) is 24.7 Å². The number of hydrogen-bond acceptors (Lipinski definition) is 5. The molecule has 1 aliphatic heterocycles. The number of carbonyl (C=O) groups excluding carboxylic acids is 1. The summed E-state index contributed by atoms with van der Waals surface area (Å²) < 4.78 is 32.2. The molecule has 1 fully saturated rings. The third kappa shape index (κ3) is 6.23. The number of halogens is 1. The first-order chi connectivity index (χ1) is 11.7. The Morgan fingerprint density at radius 1 is 1.48 bits per heavy atom. The Labute approximate surface area is 157 Å². The van der Waals surface area contributed by atoms with E-state index in [2.05, 4.69) is 25.6 Å². The number of ether oxygens (including phenoxy) is 1. The van der Waals surface area contributed by atoms with Gasteiger partial charge in [-0.25, -0.2) is 22.9 Å². The zero-order valence-electron chi connectivity index (χ0n) is 14.6. The molecule has 9 heteroatoms. The highest BCUT2D eigenvalue weighted by Gasteiger charge is 2.37. The number of rotatable bonds is 5. The van der Waals surface area contributed by atoms with E-state index in [0.717, 1.165) is 11.9 Å². The summed E-state index contributed by atoms with van der Waals surface area (Å²) in [7, 11) is -3.39. The van der Waals surface area contributed by atoms with Crippen LogP contribution in [0.2, 0.25) is 0 Å². The van der Waals surface area contributed by atoms with Gasteiger partial charge in [0.25, 0.3) is 0 Å². The normalized spacial score (nSPS) is 21.4. The number of pyridine rings is 1. The van der Waals surface area contributed by atoms with Crippen molar-refractivity contribution in [1.29, 1.82) is 0 Å². The van der Waals surface area contributed by atoms with E-state index in [-0.39, 0.29) is 18.2 Å². The number of nitrogens with zero attached hydrogens (tertiary/aromatic N) is 2. The number of sulfonamides is 1. The maximum Gasteiger partial charge on any atom is 0.410 e. The van der Waals surface area contributed by atoms with Gasteiger partial charge in [-0.3, -0.25) is 0 Å². The smallest absolute Gasteiger partial charge is 0.410 e. The predicted molar refractivity (Wildman–Crippen MR) is 98.8 cm³/mol. The lowest BCUT2D eigenvalue weighted by Crippen LogP contribution is -2.58. The quantitative estimate of drug-likeness (QED) is 0.719. The molecule has 1 saturated heterocycles. The molecule has 0 bridgehead atoms. The lowest BCUT2D eigenvalue weighted by molar-refractivity contribution is 0.0459. The molecule has 7 nitrogen and oxygen atoms in total. The second kappa shape index (κ2) is 8.46. The van der Waals surface area contributed by atoms with Gasteiger partial charge in [-0.1, -0.05) is 6.07 Å². The molecule has 0 aromatic carbocycles. The fourth-order valence-corrected chi connectivity index (χ4v) is 4.20. The second-order valence-electron chi connectivity index (χ2n) is 6.49. The van der Waals surface area contributed by atoms with Gasteiger partial charge in [-0.15, -0.1) is 0 Å². The molecule has 1 aromatic rings. The number of hydrogen-bond donors (Lipinski definition) is 1. The highest BCUT2D eigenvalue weighted by molar-refractivity contribution is 9.10. The van der Waals surface area contributed by atoms with E-state index in [1.807, 2.05) is 18.2 Å². The molecule has 0 radical (unpaired) electrons. The summed E-state index contributed by atoms with van der Waals surface area (Å²) in [4.78, 5) is 18.5. The molecule has 1 aliphatic rings. The number of piperidine rings is 1. The van der Waals surface area contributed by atoms with Crippen molar-refractivity contribution in [3.8, 4) is 0 Å². The van der Waals surface area contributed by atoms with E-state index in [0.29, 0.717) is 30.4 Å². The maximum atomic E-state index is 12.5. The number of nitrogens with one attached hydrogen (secondary N) is 1. The maximum absolute atomic E-state index is 12.5. The highest BCUT2D eigenvalue weighted by atomic mass is 79.9. The molecule has 0 aliphatic carbocycles. The first-order valence-electron chi connectivity index (χ1n) is 8.21. The van der Waals surface area contributed by atoms with Gasteiger partial charge in [0.2, 0.25) is 10.0 Å². The van der Waals surface area contributed by atoms with Crippen LogP contribution in [-0.2, 0) is 21.2 Å². The number of carbonyl (C=O) groups is 1.